The van der Waals surface area contributed by atoms with Gasteiger partial charge in [-0.25, -0.2) is 4.79 Å². The summed E-state index contributed by atoms with van der Waals surface area (Å²) in [5.41, 5.74) is -1.28. The molecule has 0 heterocycles. The van der Waals surface area contributed by atoms with Crippen LogP contribution >= 0.6 is 0 Å². The third-order valence-corrected chi connectivity index (χ3v) is 4.32. The van der Waals surface area contributed by atoms with Crippen molar-refractivity contribution in [2.45, 2.75) is 32.3 Å². The number of aromatic carboxylic acids is 1. The first-order valence-corrected chi connectivity index (χ1v) is 7.01. The predicted octanol–water partition coefficient (Wildman–Crippen LogP) is 3.09. The van der Waals surface area contributed by atoms with Gasteiger partial charge >= 0.3 is 5.97 Å². The van der Waals surface area contributed by atoms with Crippen LogP contribution in [0.15, 0.2) is 30.3 Å². The maximum atomic E-state index is 11.2. The van der Waals surface area contributed by atoms with E-state index in [1.807, 2.05) is 13.8 Å². The second-order valence-corrected chi connectivity index (χ2v) is 5.90. The molecule has 1 atom stereocenters. The van der Waals surface area contributed by atoms with Gasteiger partial charge in [-0.1, -0.05) is 44.2 Å². The molecule has 1 saturated carbocycles. The summed E-state index contributed by atoms with van der Waals surface area (Å²) in [6.07, 6.45) is 4.54. The molecular weight excluding hydrogens is 266 g/mol. The molecule has 21 heavy (non-hydrogen) atoms. The van der Waals surface area contributed by atoms with Crippen molar-refractivity contribution in [2.75, 3.05) is 0 Å². The quantitative estimate of drug-likeness (QED) is 0.871. The van der Waals surface area contributed by atoms with Gasteiger partial charge in [-0.3, -0.25) is 0 Å². The van der Waals surface area contributed by atoms with Crippen molar-refractivity contribution in [1.29, 1.82) is 5.26 Å². The minimum absolute atomic E-state index is 0.132. The van der Waals surface area contributed by atoms with Crippen LogP contribution in [0.25, 0.3) is 6.08 Å². The van der Waals surface area contributed by atoms with Crippen LogP contribution in [0.3, 0.4) is 0 Å². The SMILES string of the molecule is CC(C)[C@@](O)(/C=C/c1ccccc1C(=O)O)C1(C#N)CC1. The zero-order valence-electron chi connectivity index (χ0n) is 12.2. The predicted molar refractivity (Wildman–Crippen MR) is 79.5 cm³/mol. The fourth-order valence-electron chi connectivity index (χ4n) is 2.69. The van der Waals surface area contributed by atoms with Gasteiger partial charge in [-0.15, -0.1) is 0 Å². The Labute approximate surface area is 124 Å². The highest BCUT2D eigenvalue weighted by molar-refractivity contribution is 5.92. The normalized spacial score (nSPS) is 19.2. The largest absolute Gasteiger partial charge is 0.478 e. The Kier molecular flexibility index (Phi) is 3.89. The van der Waals surface area contributed by atoms with E-state index in [2.05, 4.69) is 6.07 Å². The highest BCUT2D eigenvalue weighted by Gasteiger charge is 2.59. The fraction of sp³-hybridized carbons (Fsp3) is 0.412. The lowest BCUT2D eigenvalue weighted by molar-refractivity contribution is -0.00418. The summed E-state index contributed by atoms with van der Waals surface area (Å²) in [6, 6.07) is 8.85. The molecule has 4 nitrogen and oxygen atoms in total. The maximum absolute atomic E-state index is 11.2. The van der Waals surface area contributed by atoms with E-state index in [1.54, 1.807) is 30.4 Å². The lowest BCUT2D eigenvalue weighted by Crippen LogP contribution is -2.42. The van der Waals surface area contributed by atoms with Gasteiger partial charge in [0, 0.05) is 0 Å². The summed E-state index contributed by atoms with van der Waals surface area (Å²) in [5.74, 6) is -1.14. The molecule has 0 aliphatic heterocycles. The molecule has 2 N–H and O–H groups in total. The van der Waals surface area contributed by atoms with E-state index in [0.29, 0.717) is 18.4 Å². The maximum Gasteiger partial charge on any atom is 0.336 e. The molecule has 1 fully saturated rings. The first kappa shape index (κ1) is 15.3. The first-order chi connectivity index (χ1) is 9.86. The molecule has 110 valence electrons. The Morgan fingerprint density at radius 3 is 2.52 bits per heavy atom. The van der Waals surface area contributed by atoms with E-state index < -0.39 is 17.0 Å². The molecule has 1 aliphatic rings. The third kappa shape index (κ3) is 2.57. The molecule has 0 radical (unpaired) electrons. The molecule has 0 aromatic heterocycles. The number of aliphatic hydroxyl groups is 1. The number of hydrogen-bond acceptors (Lipinski definition) is 3. The van der Waals surface area contributed by atoms with Crippen LogP contribution < -0.4 is 0 Å². The standard InChI is InChI=1S/C17H19NO3/c1-12(2)17(21,16(11-18)9-10-16)8-7-13-5-3-4-6-14(13)15(19)20/h3-8,12,21H,9-10H2,1-2H3,(H,19,20)/b8-7+/t17-/m0/s1. The molecule has 0 saturated heterocycles. The highest BCUT2D eigenvalue weighted by atomic mass is 16.4. The van der Waals surface area contributed by atoms with Gasteiger partial charge in [0.1, 0.15) is 5.60 Å². The second-order valence-electron chi connectivity index (χ2n) is 5.90. The van der Waals surface area contributed by atoms with Crippen molar-refractivity contribution in [1.82, 2.24) is 0 Å². The molecule has 0 amide bonds. The molecule has 1 aliphatic carbocycles. The Balaban J connectivity index is 2.40. The van der Waals surface area contributed by atoms with Crippen molar-refractivity contribution in [2.24, 2.45) is 11.3 Å². The summed E-state index contributed by atoms with van der Waals surface area (Å²) in [5, 5.41) is 29.4. The molecule has 1 aromatic rings. The molecule has 4 heteroatoms. The molecule has 1 aromatic carbocycles. The summed E-state index contributed by atoms with van der Waals surface area (Å²) in [4.78, 5) is 11.2. The molecular formula is C17H19NO3. The van der Waals surface area contributed by atoms with Crippen LogP contribution in [-0.2, 0) is 0 Å². The van der Waals surface area contributed by atoms with Crippen LogP contribution in [0.1, 0.15) is 42.6 Å². The molecule has 0 unspecified atom stereocenters. The minimum Gasteiger partial charge on any atom is -0.478 e. The summed E-state index contributed by atoms with van der Waals surface area (Å²) >= 11 is 0. The van der Waals surface area contributed by atoms with E-state index in [4.69, 9.17) is 0 Å². The van der Waals surface area contributed by atoms with Gasteiger partial charge < -0.3 is 10.2 Å². The van der Waals surface area contributed by atoms with Crippen molar-refractivity contribution < 1.29 is 15.0 Å². The van der Waals surface area contributed by atoms with Gasteiger partial charge in [0.05, 0.1) is 17.0 Å². The van der Waals surface area contributed by atoms with Crippen LogP contribution in [-0.4, -0.2) is 21.8 Å². The zero-order valence-corrected chi connectivity index (χ0v) is 12.2. The van der Waals surface area contributed by atoms with E-state index in [9.17, 15) is 20.3 Å². The van der Waals surface area contributed by atoms with Crippen molar-refractivity contribution in [3.63, 3.8) is 0 Å². The Hall–Kier alpha value is -2.12. The van der Waals surface area contributed by atoms with Crippen molar-refractivity contribution in [3.05, 3.63) is 41.5 Å². The van der Waals surface area contributed by atoms with E-state index in [1.165, 1.54) is 6.07 Å². The lowest BCUT2D eigenvalue weighted by Gasteiger charge is -2.33. The smallest absolute Gasteiger partial charge is 0.336 e. The van der Waals surface area contributed by atoms with Gasteiger partial charge in [0.15, 0.2) is 0 Å². The van der Waals surface area contributed by atoms with E-state index >= 15 is 0 Å². The Morgan fingerprint density at radius 2 is 2.05 bits per heavy atom. The number of nitriles is 1. The summed E-state index contributed by atoms with van der Waals surface area (Å²) in [7, 11) is 0. The lowest BCUT2D eigenvalue weighted by atomic mass is 9.76. The Morgan fingerprint density at radius 1 is 1.43 bits per heavy atom. The topological polar surface area (TPSA) is 81.3 Å². The number of hydrogen-bond donors (Lipinski definition) is 2. The van der Waals surface area contributed by atoms with Crippen LogP contribution in [0.2, 0.25) is 0 Å². The van der Waals surface area contributed by atoms with Crippen LogP contribution in [0.5, 0.6) is 0 Å². The average molecular weight is 285 g/mol. The number of carbonyl (C=O) groups is 1. The molecule has 0 bridgehead atoms. The number of carboxylic acids is 1. The first-order valence-electron chi connectivity index (χ1n) is 7.01. The van der Waals surface area contributed by atoms with Gasteiger partial charge in [-0.2, -0.15) is 5.26 Å². The van der Waals surface area contributed by atoms with E-state index in [0.717, 1.165) is 0 Å². The monoisotopic (exact) mass is 285 g/mol. The minimum atomic E-state index is -1.24. The van der Waals surface area contributed by atoms with Crippen molar-refractivity contribution in [3.8, 4) is 6.07 Å². The molecule has 2 rings (SSSR count). The number of rotatable bonds is 5. The average Bonchev–Trinajstić information content (AvgIpc) is 3.26. The fourth-order valence-corrected chi connectivity index (χ4v) is 2.69. The number of nitrogens with zero attached hydrogens (tertiary/aromatic N) is 1. The zero-order chi connectivity index (χ0) is 15.7. The van der Waals surface area contributed by atoms with Crippen LogP contribution in [0, 0.1) is 22.7 Å². The number of carboxylic acid groups (broad SMARTS) is 1. The van der Waals surface area contributed by atoms with Gasteiger partial charge in [0.2, 0.25) is 0 Å². The third-order valence-electron chi connectivity index (χ3n) is 4.32. The second kappa shape index (κ2) is 5.34. The Bertz CT molecular complexity index is 623. The van der Waals surface area contributed by atoms with Crippen molar-refractivity contribution >= 4 is 12.0 Å². The summed E-state index contributed by atoms with van der Waals surface area (Å²) in [6.45, 7) is 3.73. The van der Waals surface area contributed by atoms with E-state index in [-0.39, 0.29) is 11.5 Å². The highest BCUT2D eigenvalue weighted by Crippen LogP contribution is 2.57. The van der Waals surface area contributed by atoms with Gasteiger partial charge in [0.25, 0.3) is 0 Å². The van der Waals surface area contributed by atoms with Gasteiger partial charge in [-0.05, 0) is 30.4 Å². The molecule has 0 spiro atoms. The van der Waals surface area contributed by atoms with Crippen LogP contribution in [0.4, 0.5) is 0 Å². The number of benzene rings is 1. The summed E-state index contributed by atoms with van der Waals surface area (Å²) < 4.78 is 0.